The van der Waals surface area contributed by atoms with Gasteiger partial charge in [0.15, 0.2) is 6.73 Å². The summed E-state index contributed by atoms with van der Waals surface area (Å²) in [5.74, 6) is -0.162. The summed E-state index contributed by atoms with van der Waals surface area (Å²) < 4.78 is 5.55. The maximum Gasteiger partial charge on any atom is 0.321 e. The molecule has 6 heteroatoms. The van der Waals surface area contributed by atoms with Crippen molar-refractivity contribution in [3.63, 3.8) is 0 Å². The van der Waals surface area contributed by atoms with Gasteiger partial charge in [-0.05, 0) is 48.7 Å². The summed E-state index contributed by atoms with van der Waals surface area (Å²) in [5.41, 5.74) is 3.41. The van der Waals surface area contributed by atoms with Crippen LogP contribution in [0.3, 0.4) is 0 Å². The van der Waals surface area contributed by atoms with E-state index in [0.29, 0.717) is 11.3 Å². The maximum atomic E-state index is 11.8. The fraction of sp³-hybridized carbons (Fsp3) is 0.222. The number of carboxylic acids is 1. The molecular weight excluding hydrogens is 308 g/mol. The highest BCUT2D eigenvalue weighted by atomic mass is 16.5. The number of hydrogen-bond acceptors (Lipinski definition) is 3. The number of benzene rings is 2. The lowest BCUT2D eigenvalue weighted by molar-refractivity contribution is -0.136. The van der Waals surface area contributed by atoms with Gasteiger partial charge in [-0.15, -0.1) is 0 Å². The van der Waals surface area contributed by atoms with Gasteiger partial charge in [-0.2, -0.15) is 0 Å². The second-order valence-corrected chi connectivity index (χ2v) is 5.39. The Morgan fingerprint density at radius 3 is 2.46 bits per heavy atom. The van der Waals surface area contributed by atoms with E-state index in [4.69, 9.17) is 9.84 Å². The monoisotopic (exact) mass is 328 g/mol. The maximum absolute atomic E-state index is 11.8. The summed E-state index contributed by atoms with van der Waals surface area (Å²) in [7, 11) is 0. The molecule has 0 saturated carbocycles. The van der Waals surface area contributed by atoms with Gasteiger partial charge in [0.05, 0.1) is 6.42 Å². The van der Waals surface area contributed by atoms with Crippen molar-refractivity contribution < 1.29 is 19.4 Å². The summed E-state index contributed by atoms with van der Waals surface area (Å²) in [4.78, 5) is 22.4. The van der Waals surface area contributed by atoms with Crippen molar-refractivity contribution >= 4 is 17.7 Å². The van der Waals surface area contributed by atoms with Crippen molar-refractivity contribution in [2.45, 2.75) is 20.3 Å². The van der Waals surface area contributed by atoms with Gasteiger partial charge in [0.25, 0.3) is 0 Å². The van der Waals surface area contributed by atoms with Crippen molar-refractivity contribution in [2.24, 2.45) is 0 Å². The van der Waals surface area contributed by atoms with Gasteiger partial charge in [0, 0.05) is 5.69 Å². The van der Waals surface area contributed by atoms with E-state index in [-0.39, 0.29) is 13.2 Å². The zero-order valence-electron chi connectivity index (χ0n) is 13.6. The molecule has 0 radical (unpaired) electrons. The van der Waals surface area contributed by atoms with Crippen molar-refractivity contribution in [2.75, 3.05) is 12.0 Å². The minimum absolute atomic E-state index is 0.0455. The third-order valence-electron chi connectivity index (χ3n) is 3.58. The normalized spacial score (nSPS) is 10.1. The van der Waals surface area contributed by atoms with Crippen LogP contribution in [0.1, 0.15) is 16.7 Å². The topological polar surface area (TPSA) is 87.7 Å². The molecule has 2 aromatic carbocycles. The summed E-state index contributed by atoms with van der Waals surface area (Å²) >= 11 is 0. The molecule has 0 unspecified atom stereocenters. The highest BCUT2D eigenvalue weighted by Crippen LogP contribution is 2.20. The molecule has 0 spiro atoms. The Labute approximate surface area is 140 Å². The number of carbonyl (C=O) groups is 2. The Hall–Kier alpha value is -3.02. The van der Waals surface area contributed by atoms with Crippen LogP contribution in [0.5, 0.6) is 5.75 Å². The number of nitrogens with one attached hydrogen (secondary N) is 2. The van der Waals surface area contributed by atoms with E-state index in [1.807, 2.05) is 32.0 Å². The summed E-state index contributed by atoms with van der Waals surface area (Å²) in [6, 6.07) is 12.0. The van der Waals surface area contributed by atoms with Crippen molar-refractivity contribution in [1.29, 1.82) is 0 Å². The Morgan fingerprint density at radius 2 is 1.79 bits per heavy atom. The molecular formula is C18H20N2O4. The van der Waals surface area contributed by atoms with E-state index >= 15 is 0 Å². The lowest BCUT2D eigenvalue weighted by Crippen LogP contribution is -2.32. The minimum atomic E-state index is -0.892. The fourth-order valence-electron chi connectivity index (χ4n) is 2.12. The first kappa shape index (κ1) is 17.3. The largest absolute Gasteiger partial charge is 0.481 e. The molecule has 6 nitrogen and oxygen atoms in total. The smallest absolute Gasteiger partial charge is 0.321 e. The Kier molecular flexibility index (Phi) is 5.78. The highest BCUT2D eigenvalue weighted by Gasteiger charge is 2.05. The third kappa shape index (κ3) is 5.01. The van der Waals surface area contributed by atoms with Gasteiger partial charge in [-0.1, -0.05) is 24.3 Å². The second kappa shape index (κ2) is 8.01. The van der Waals surface area contributed by atoms with Crippen LogP contribution in [0, 0.1) is 13.8 Å². The van der Waals surface area contributed by atoms with Gasteiger partial charge < -0.3 is 20.5 Å². The van der Waals surface area contributed by atoms with Gasteiger partial charge in [-0.25, -0.2) is 4.79 Å². The Balaban J connectivity index is 1.81. The van der Waals surface area contributed by atoms with Crippen LogP contribution >= 0.6 is 0 Å². The molecule has 2 amide bonds. The molecule has 2 aromatic rings. The number of amides is 2. The van der Waals surface area contributed by atoms with E-state index in [0.717, 1.165) is 16.9 Å². The third-order valence-corrected chi connectivity index (χ3v) is 3.58. The molecule has 0 saturated heterocycles. The lowest BCUT2D eigenvalue weighted by atomic mass is 10.1. The number of ether oxygens (including phenoxy) is 1. The zero-order valence-corrected chi connectivity index (χ0v) is 13.6. The van der Waals surface area contributed by atoms with E-state index in [9.17, 15) is 9.59 Å². The molecule has 24 heavy (non-hydrogen) atoms. The number of aryl methyl sites for hydroxylation is 1. The quantitative estimate of drug-likeness (QED) is 0.711. The molecule has 0 aliphatic heterocycles. The van der Waals surface area contributed by atoms with Crippen LogP contribution in [-0.2, 0) is 11.2 Å². The molecule has 2 rings (SSSR count). The number of carboxylic acid groups (broad SMARTS) is 1. The second-order valence-electron chi connectivity index (χ2n) is 5.39. The van der Waals surface area contributed by atoms with Crippen LogP contribution in [0.25, 0.3) is 0 Å². The SMILES string of the molecule is Cc1cccc(OCNC(=O)Nc2ccc(CC(=O)O)cc2)c1C. The molecule has 0 aromatic heterocycles. The van der Waals surface area contributed by atoms with Crippen molar-refractivity contribution in [1.82, 2.24) is 5.32 Å². The van der Waals surface area contributed by atoms with Gasteiger partial charge in [0.1, 0.15) is 5.75 Å². The van der Waals surface area contributed by atoms with E-state index < -0.39 is 12.0 Å². The molecule has 0 bridgehead atoms. The van der Waals surface area contributed by atoms with Crippen LogP contribution in [-0.4, -0.2) is 23.8 Å². The molecule has 126 valence electrons. The first-order chi connectivity index (χ1) is 11.5. The summed E-state index contributed by atoms with van der Waals surface area (Å²) in [6.45, 7) is 4.01. The van der Waals surface area contributed by atoms with Crippen LogP contribution in [0.4, 0.5) is 10.5 Å². The van der Waals surface area contributed by atoms with Gasteiger partial charge >= 0.3 is 12.0 Å². The number of rotatable bonds is 6. The number of aliphatic carboxylic acids is 1. The molecule has 0 fully saturated rings. The first-order valence-corrected chi connectivity index (χ1v) is 7.50. The van der Waals surface area contributed by atoms with Gasteiger partial charge in [0.2, 0.25) is 0 Å². The fourth-order valence-corrected chi connectivity index (χ4v) is 2.12. The Bertz CT molecular complexity index is 726. The van der Waals surface area contributed by atoms with Crippen LogP contribution in [0.15, 0.2) is 42.5 Å². The standard InChI is InChI=1S/C18H20N2O4/c1-12-4-3-5-16(13(12)2)24-11-19-18(23)20-15-8-6-14(7-9-15)10-17(21)22/h3-9H,10-11H2,1-2H3,(H,21,22)(H2,19,20,23). The minimum Gasteiger partial charge on any atom is -0.481 e. The molecule has 3 N–H and O–H groups in total. The predicted molar refractivity (Wildman–Crippen MR) is 91.3 cm³/mol. The average molecular weight is 328 g/mol. The Morgan fingerprint density at radius 1 is 1.08 bits per heavy atom. The number of carbonyl (C=O) groups excluding carboxylic acids is 1. The number of urea groups is 1. The predicted octanol–water partition coefficient (Wildman–Crippen LogP) is 3.09. The van der Waals surface area contributed by atoms with E-state index in [2.05, 4.69) is 10.6 Å². The summed E-state index contributed by atoms with van der Waals surface area (Å²) in [5, 5.41) is 14.0. The summed E-state index contributed by atoms with van der Waals surface area (Å²) in [6.07, 6.45) is -0.0455. The van der Waals surface area contributed by atoms with E-state index in [1.165, 1.54) is 0 Å². The first-order valence-electron chi connectivity index (χ1n) is 7.50. The molecule has 0 aliphatic rings. The lowest BCUT2D eigenvalue weighted by Gasteiger charge is -2.12. The van der Waals surface area contributed by atoms with Crippen LogP contribution < -0.4 is 15.4 Å². The van der Waals surface area contributed by atoms with Gasteiger partial charge in [-0.3, -0.25) is 4.79 Å². The molecule has 0 aliphatic carbocycles. The van der Waals surface area contributed by atoms with Crippen molar-refractivity contribution in [3.8, 4) is 5.75 Å². The number of hydrogen-bond donors (Lipinski definition) is 3. The highest BCUT2D eigenvalue weighted by molar-refractivity contribution is 5.89. The molecule has 0 heterocycles. The van der Waals surface area contributed by atoms with Crippen LogP contribution in [0.2, 0.25) is 0 Å². The van der Waals surface area contributed by atoms with Crippen molar-refractivity contribution in [3.05, 3.63) is 59.2 Å². The average Bonchev–Trinajstić information content (AvgIpc) is 2.53. The zero-order chi connectivity index (χ0) is 17.5. The molecule has 0 atom stereocenters. The van der Waals surface area contributed by atoms with E-state index in [1.54, 1.807) is 24.3 Å². The number of anilines is 1.